The van der Waals surface area contributed by atoms with Crippen molar-refractivity contribution >= 4 is 5.97 Å². The average molecular weight is 272 g/mol. The van der Waals surface area contributed by atoms with Crippen LogP contribution in [0.2, 0.25) is 0 Å². The van der Waals surface area contributed by atoms with Crippen LogP contribution in [0.4, 0.5) is 0 Å². The van der Waals surface area contributed by atoms with Gasteiger partial charge in [0.25, 0.3) is 0 Å². The van der Waals surface area contributed by atoms with Gasteiger partial charge in [0.1, 0.15) is 0 Å². The molecule has 1 atom stereocenters. The van der Waals surface area contributed by atoms with Gasteiger partial charge in [0, 0.05) is 24.5 Å². The van der Waals surface area contributed by atoms with Crippen LogP contribution in [0.5, 0.6) is 0 Å². The van der Waals surface area contributed by atoms with E-state index >= 15 is 0 Å². The van der Waals surface area contributed by atoms with E-state index in [0.29, 0.717) is 13.0 Å². The molecule has 0 spiro atoms. The van der Waals surface area contributed by atoms with Gasteiger partial charge in [-0.25, -0.2) is 0 Å². The van der Waals surface area contributed by atoms with Crippen molar-refractivity contribution in [1.29, 1.82) is 0 Å². The summed E-state index contributed by atoms with van der Waals surface area (Å²) in [6.07, 6.45) is 2.30. The standard InChI is InChI=1S/C16H20N2O2/c1-12(17)15-8-5-9-18(15)11-14-7-4-3-6-13(14)10-16(19)20-2/h3-9,12H,10-11,17H2,1-2H3. The minimum absolute atomic E-state index is 0.0160. The number of aromatic nitrogens is 1. The fourth-order valence-electron chi connectivity index (χ4n) is 2.28. The molecular weight excluding hydrogens is 252 g/mol. The number of hydrogen-bond donors (Lipinski definition) is 1. The normalized spacial score (nSPS) is 12.2. The lowest BCUT2D eigenvalue weighted by atomic mass is 10.0. The van der Waals surface area contributed by atoms with Crippen LogP contribution in [-0.4, -0.2) is 17.6 Å². The highest BCUT2D eigenvalue weighted by atomic mass is 16.5. The maximum atomic E-state index is 11.5. The molecule has 0 aliphatic rings. The summed E-state index contributed by atoms with van der Waals surface area (Å²) in [6.45, 7) is 2.67. The first-order valence-corrected chi connectivity index (χ1v) is 6.66. The van der Waals surface area contributed by atoms with Gasteiger partial charge in [0.15, 0.2) is 0 Å². The molecule has 0 bridgehead atoms. The van der Waals surface area contributed by atoms with E-state index in [4.69, 9.17) is 10.5 Å². The first kappa shape index (κ1) is 14.3. The number of nitrogens with zero attached hydrogens (tertiary/aromatic N) is 1. The molecule has 1 heterocycles. The first-order chi connectivity index (χ1) is 9.61. The molecule has 4 nitrogen and oxygen atoms in total. The maximum absolute atomic E-state index is 11.5. The lowest BCUT2D eigenvalue weighted by Gasteiger charge is -2.14. The zero-order chi connectivity index (χ0) is 14.5. The van der Waals surface area contributed by atoms with E-state index in [1.165, 1.54) is 7.11 Å². The van der Waals surface area contributed by atoms with Gasteiger partial charge in [0.05, 0.1) is 13.5 Å². The minimum Gasteiger partial charge on any atom is -0.469 e. The van der Waals surface area contributed by atoms with E-state index in [9.17, 15) is 4.79 Å². The van der Waals surface area contributed by atoms with Crippen LogP contribution >= 0.6 is 0 Å². The predicted molar refractivity (Wildman–Crippen MR) is 78.3 cm³/mol. The van der Waals surface area contributed by atoms with Gasteiger partial charge in [-0.3, -0.25) is 4.79 Å². The lowest BCUT2D eigenvalue weighted by Crippen LogP contribution is -2.14. The summed E-state index contributed by atoms with van der Waals surface area (Å²) in [6, 6.07) is 11.9. The largest absolute Gasteiger partial charge is 0.469 e. The number of methoxy groups -OCH3 is 1. The Bertz CT molecular complexity index is 588. The second-order valence-electron chi connectivity index (χ2n) is 4.87. The van der Waals surface area contributed by atoms with Crippen LogP contribution in [-0.2, 0) is 22.5 Å². The van der Waals surface area contributed by atoms with E-state index < -0.39 is 0 Å². The molecule has 0 fully saturated rings. The van der Waals surface area contributed by atoms with Crippen LogP contribution in [0, 0.1) is 0 Å². The maximum Gasteiger partial charge on any atom is 0.309 e. The van der Waals surface area contributed by atoms with E-state index in [1.807, 2.05) is 49.5 Å². The fourth-order valence-corrected chi connectivity index (χ4v) is 2.28. The molecule has 0 saturated heterocycles. The van der Waals surface area contributed by atoms with Crippen LogP contribution in [0.1, 0.15) is 29.8 Å². The fraction of sp³-hybridized carbons (Fsp3) is 0.312. The minimum atomic E-state index is -0.225. The van der Waals surface area contributed by atoms with Gasteiger partial charge in [0.2, 0.25) is 0 Å². The molecule has 2 aromatic rings. The van der Waals surface area contributed by atoms with Crippen LogP contribution in [0.3, 0.4) is 0 Å². The lowest BCUT2D eigenvalue weighted by molar-refractivity contribution is -0.139. The molecule has 0 aliphatic heterocycles. The Morgan fingerprint density at radius 3 is 2.60 bits per heavy atom. The van der Waals surface area contributed by atoms with Crippen molar-refractivity contribution in [2.24, 2.45) is 5.73 Å². The number of ether oxygens (including phenoxy) is 1. The molecule has 1 aromatic heterocycles. The van der Waals surface area contributed by atoms with Crippen LogP contribution < -0.4 is 5.73 Å². The molecule has 0 aliphatic carbocycles. The monoisotopic (exact) mass is 272 g/mol. The molecule has 106 valence electrons. The topological polar surface area (TPSA) is 57.2 Å². The summed E-state index contributed by atoms with van der Waals surface area (Å²) in [5, 5.41) is 0. The summed E-state index contributed by atoms with van der Waals surface area (Å²) in [5.74, 6) is -0.225. The number of esters is 1. The molecule has 4 heteroatoms. The second-order valence-corrected chi connectivity index (χ2v) is 4.87. The number of rotatable bonds is 5. The highest BCUT2D eigenvalue weighted by molar-refractivity contribution is 5.72. The third-order valence-corrected chi connectivity index (χ3v) is 3.35. The van der Waals surface area contributed by atoms with E-state index in [-0.39, 0.29) is 12.0 Å². The van der Waals surface area contributed by atoms with Crippen LogP contribution in [0.25, 0.3) is 0 Å². The zero-order valence-electron chi connectivity index (χ0n) is 11.9. The van der Waals surface area contributed by atoms with E-state index in [1.54, 1.807) is 0 Å². The summed E-state index contributed by atoms with van der Waals surface area (Å²) in [7, 11) is 1.41. The van der Waals surface area contributed by atoms with Gasteiger partial charge in [-0.2, -0.15) is 0 Å². The Labute approximate surface area is 119 Å². The average Bonchev–Trinajstić information content (AvgIpc) is 2.89. The number of hydrogen-bond acceptors (Lipinski definition) is 3. The molecule has 0 radical (unpaired) electrons. The molecule has 1 aromatic carbocycles. The Hall–Kier alpha value is -2.07. The SMILES string of the molecule is COC(=O)Cc1ccccc1Cn1cccc1C(C)N. The van der Waals surface area contributed by atoms with Gasteiger partial charge < -0.3 is 15.0 Å². The van der Waals surface area contributed by atoms with Crippen LogP contribution in [0.15, 0.2) is 42.6 Å². The summed E-state index contributed by atoms with van der Waals surface area (Å²) in [5.41, 5.74) is 9.14. The third-order valence-electron chi connectivity index (χ3n) is 3.35. The van der Waals surface area contributed by atoms with Crippen molar-refractivity contribution in [3.63, 3.8) is 0 Å². The van der Waals surface area contributed by atoms with Crippen molar-refractivity contribution in [3.8, 4) is 0 Å². The van der Waals surface area contributed by atoms with Crippen molar-refractivity contribution in [2.45, 2.75) is 25.9 Å². The highest BCUT2D eigenvalue weighted by Crippen LogP contribution is 2.16. The van der Waals surface area contributed by atoms with Gasteiger partial charge >= 0.3 is 5.97 Å². The summed E-state index contributed by atoms with van der Waals surface area (Å²) in [4.78, 5) is 11.5. The smallest absolute Gasteiger partial charge is 0.309 e. The Balaban J connectivity index is 2.25. The summed E-state index contributed by atoms with van der Waals surface area (Å²) >= 11 is 0. The molecule has 20 heavy (non-hydrogen) atoms. The van der Waals surface area contributed by atoms with Gasteiger partial charge in [-0.15, -0.1) is 0 Å². The molecule has 1 unspecified atom stereocenters. The number of benzene rings is 1. The predicted octanol–water partition coefficient (Wildman–Crippen LogP) is 2.27. The third kappa shape index (κ3) is 3.27. The Morgan fingerprint density at radius 1 is 1.25 bits per heavy atom. The Kier molecular flexibility index (Phi) is 4.58. The quantitative estimate of drug-likeness (QED) is 0.849. The molecule has 0 amide bonds. The molecule has 2 rings (SSSR count). The summed E-state index contributed by atoms with van der Waals surface area (Å²) < 4.78 is 6.85. The van der Waals surface area contributed by atoms with E-state index in [0.717, 1.165) is 16.8 Å². The molecule has 2 N–H and O–H groups in total. The number of carbonyl (C=O) groups is 1. The van der Waals surface area contributed by atoms with Crippen molar-refractivity contribution in [2.75, 3.05) is 7.11 Å². The van der Waals surface area contributed by atoms with Gasteiger partial charge in [-0.05, 0) is 30.2 Å². The number of nitrogens with two attached hydrogens (primary N) is 1. The van der Waals surface area contributed by atoms with E-state index in [2.05, 4.69) is 4.57 Å². The van der Waals surface area contributed by atoms with Gasteiger partial charge in [-0.1, -0.05) is 24.3 Å². The van der Waals surface area contributed by atoms with Crippen molar-refractivity contribution < 1.29 is 9.53 Å². The van der Waals surface area contributed by atoms with Crippen molar-refractivity contribution in [1.82, 2.24) is 4.57 Å². The second kappa shape index (κ2) is 6.39. The first-order valence-electron chi connectivity index (χ1n) is 6.66. The molecule has 0 saturated carbocycles. The Morgan fingerprint density at radius 2 is 1.95 bits per heavy atom. The van der Waals surface area contributed by atoms with Crippen molar-refractivity contribution in [3.05, 3.63) is 59.4 Å². The molecular formula is C16H20N2O2. The highest BCUT2D eigenvalue weighted by Gasteiger charge is 2.10. The zero-order valence-corrected chi connectivity index (χ0v) is 11.9. The number of carbonyl (C=O) groups excluding carboxylic acids is 1.